The van der Waals surface area contributed by atoms with Gasteiger partial charge in [-0.3, -0.25) is 9.78 Å². The highest BCUT2D eigenvalue weighted by Crippen LogP contribution is 2.43. The molecule has 1 aromatic heterocycles. The molecule has 2 heterocycles. The summed E-state index contributed by atoms with van der Waals surface area (Å²) in [6.45, 7) is 1.84. The predicted octanol–water partition coefficient (Wildman–Crippen LogP) is 4.35. The van der Waals surface area contributed by atoms with E-state index in [-0.39, 0.29) is 5.91 Å². The van der Waals surface area contributed by atoms with Crippen molar-refractivity contribution in [2.45, 2.75) is 11.7 Å². The number of nitrogens with zero attached hydrogens (tertiary/aromatic N) is 2. The second-order valence-corrected chi connectivity index (χ2v) is 7.09. The van der Waals surface area contributed by atoms with Crippen molar-refractivity contribution in [2.24, 2.45) is 4.99 Å². The van der Waals surface area contributed by atoms with Crippen LogP contribution in [0.3, 0.4) is 0 Å². The lowest BCUT2D eigenvalue weighted by Crippen LogP contribution is -2.24. The summed E-state index contributed by atoms with van der Waals surface area (Å²) in [5.74, 6) is -0.212. The summed E-state index contributed by atoms with van der Waals surface area (Å²) in [5, 5.41) is 4.61. The quantitative estimate of drug-likeness (QED) is 0.873. The lowest BCUT2D eigenvalue weighted by molar-refractivity contribution is -0.119. The first kappa shape index (κ1) is 15.3. The van der Waals surface area contributed by atoms with Crippen LogP contribution in [0.5, 0.6) is 0 Å². The number of halogens is 2. The van der Waals surface area contributed by atoms with Crippen LogP contribution in [-0.4, -0.2) is 16.1 Å². The van der Waals surface area contributed by atoms with Crippen LogP contribution in [0.4, 0.5) is 5.69 Å². The first-order chi connectivity index (χ1) is 10.5. The topological polar surface area (TPSA) is 54.4 Å². The number of carbonyl (C=O) groups excluding carboxylic acids is 1. The number of carbonyl (C=O) groups is 1. The molecule has 1 aliphatic rings. The van der Waals surface area contributed by atoms with E-state index in [1.165, 1.54) is 11.8 Å². The lowest BCUT2D eigenvalue weighted by Gasteiger charge is -2.20. The van der Waals surface area contributed by atoms with Crippen LogP contribution in [0.2, 0.25) is 10.0 Å². The highest BCUT2D eigenvalue weighted by Gasteiger charge is 2.42. The van der Waals surface area contributed by atoms with Gasteiger partial charge in [-0.1, -0.05) is 35.0 Å². The molecule has 22 heavy (non-hydrogen) atoms. The second-order valence-electron chi connectivity index (χ2n) is 4.84. The van der Waals surface area contributed by atoms with Crippen molar-refractivity contribution in [3.63, 3.8) is 0 Å². The summed E-state index contributed by atoms with van der Waals surface area (Å²) in [4.78, 5) is 20.4. The number of benzene rings is 1. The molecule has 1 aromatic carbocycles. The number of aliphatic imine (C=N–C) groups is 1. The van der Waals surface area contributed by atoms with Gasteiger partial charge in [0.2, 0.25) is 0 Å². The van der Waals surface area contributed by atoms with Gasteiger partial charge in [-0.05, 0) is 42.8 Å². The lowest BCUT2D eigenvalue weighted by atomic mass is 10.0. The smallest absolute Gasteiger partial charge is 0.269 e. The van der Waals surface area contributed by atoms with Gasteiger partial charge >= 0.3 is 0 Å². The van der Waals surface area contributed by atoms with E-state index in [0.717, 1.165) is 5.56 Å². The highest BCUT2D eigenvalue weighted by molar-refractivity contribution is 8.16. The van der Waals surface area contributed by atoms with E-state index >= 15 is 0 Å². The van der Waals surface area contributed by atoms with Crippen LogP contribution in [-0.2, 0) is 9.54 Å². The molecule has 1 atom stereocenters. The van der Waals surface area contributed by atoms with Crippen LogP contribution in [0.25, 0.3) is 0 Å². The third-order valence-corrected chi connectivity index (χ3v) is 5.07. The average Bonchev–Trinajstić information content (AvgIpc) is 2.79. The molecule has 0 saturated heterocycles. The zero-order valence-electron chi connectivity index (χ0n) is 11.5. The zero-order valence-corrected chi connectivity index (χ0v) is 13.8. The van der Waals surface area contributed by atoms with Gasteiger partial charge in [-0.15, -0.1) is 0 Å². The normalized spacial score (nSPS) is 20.9. The molecule has 0 aliphatic carbocycles. The van der Waals surface area contributed by atoms with Crippen molar-refractivity contribution in [1.29, 1.82) is 0 Å². The van der Waals surface area contributed by atoms with E-state index in [2.05, 4.69) is 15.3 Å². The van der Waals surface area contributed by atoms with Gasteiger partial charge in [-0.2, -0.15) is 4.99 Å². The summed E-state index contributed by atoms with van der Waals surface area (Å²) in [6.07, 6.45) is 3.33. The van der Waals surface area contributed by atoms with Crippen molar-refractivity contribution in [3.05, 3.63) is 58.3 Å². The molecule has 1 amide bonds. The van der Waals surface area contributed by atoms with E-state index in [1.54, 1.807) is 30.6 Å². The first-order valence-electron chi connectivity index (χ1n) is 6.44. The minimum Gasteiger partial charge on any atom is -0.333 e. The number of amides is 1. The standard InChI is InChI=1S/C15H11Cl2N3OS/c1-15(9-4-6-18-7-5-9)13(21)20-14(22-15)19-12-3-2-10(16)8-11(12)17/h2-8H,1H3,(H,19,20,21). The number of aromatic nitrogens is 1. The molecular weight excluding hydrogens is 341 g/mol. The number of pyridine rings is 1. The van der Waals surface area contributed by atoms with Crippen LogP contribution < -0.4 is 5.32 Å². The third kappa shape index (κ3) is 2.84. The Hall–Kier alpha value is -1.56. The fourth-order valence-corrected chi connectivity index (χ4v) is 3.59. The Morgan fingerprint density at radius 3 is 2.59 bits per heavy atom. The predicted molar refractivity (Wildman–Crippen MR) is 91.7 cm³/mol. The van der Waals surface area contributed by atoms with Gasteiger partial charge in [0.25, 0.3) is 5.91 Å². The van der Waals surface area contributed by atoms with Crippen molar-refractivity contribution in [2.75, 3.05) is 5.32 Å². The van der Waals surface area contributed by atoms with Crippen molar-refractivity contribution >= 4 is 51.7 Å². The first-order valence-corrected chi connectivity index (χ1v) is 8.01. The highest BCUT2D eigenvalue weighted by atomic mass is 35.5. The Morgan fingerprint density at radius 2 is 1.91 bits per heavy atom. The van der Waals surface area contributed by atoms with Gasteiger partial charge in [0.05, 0.1) is 10.7 Å². The number of hydrogen-bond donors (Lipinski definition) is 1. The molecule has 0 spiro atoms. The van der Waals surface area contributed by atoms with Crippen molar-refractivity contribution in [1.82, 2.24) is 4.98 Å². The third-order valence-electron chi connectivity index (χ3n) is 3.32. The van der Waals surface area contributed by atoms with Gasteiger partial charge in [0.15, 0.2) is 5.17 Å². The minimum absolute atomic E-state index is 0.212. The fraction of sp³-hybridized carbons (Fsp3) is 0.133. The number of rotatable bonds is 2. The monoisotopic (exact) mass is 351 g/mol. The van der Waals surface area contributed by atoms with E-state index < -0.39 is 4.75 Å². The molecule has 0 saturated carbocycles. The van der Waals surface area contributed by atoms with Gasteiger partial charge in [0, 0.05) is 17.4 Å². The average molecular weight is 352 g/mol. The van der Waals surface area contributed by atoms with Crippen molar-refractivity contribution in [3.8, 4) is 0 Å². The molecule has 1 unspecified atom stereocenters. The molecule has 7 heteroatoms. The number of thioether (sulfide) groups is 1. The summed E-state index contributed by atoms with van der Waals surface area (Å²) < 4.78 is -0.760. The molecule has 3 rings (SSSR count). The molecule has 0 radical (unpaired) electrons. The Kier molecular flexibility index (Phi) is 4.12. The number of nitrogens with one attached hydrogen (secondary N) is 1. The Balaban J connectivity index is 1.84. The van der Waals surface area contributed by atoms with Gasteiger partial charge in [0.1, 0.15) is 4.75 Å². The molecule has 0 fully saturated rings. The van der Waals surface area contributed by atoms with Gasteiger partial charge < -0.3 is 5.32 Å². The number of anilines is 1. The molecule has 2 aromatic rings. The Bertz CT molecular complexity index is 767. The largest absolute Gasteiger partial charge is 0.333 e. The van der Waals surface area contributed by atoms with E-state index in [9.17, 15) is 4.79 Å². The SMILES string of the molecule is CC1(c2ccncc2)SC(Nc2ccc(Cl)cc2Cl)=NC1=O. The molecule has 1 N–H and O–H groups in total. The molecule has 4 nitrogen and oxygen atoms in total. The van der Waals surface area contributed by atoms with Crippen LogP contribution in [0.15, 0.2) is 47.7 Å². The van der Waals surface area contributed by atoms with Crippen molar-refractivity contribution < 1.29 is 4.79 Å². The maximum atomic E-state index is 12.3. The molecular formula is C15H11Cl2N3OS. The Morgan fingerprint density at radius 1 is 1.18 bits per heavy atom. The van der Waals surface area contributed by atoms with Crippen LogP contribution in [0.1, 0.15) is 12.5 Å². The van der Waals surface area contributed by atoms with Gasteiger partial charge in [-0.25, -0.2) is 0 Å². The summed E-state index contributed by atoms with van der Waals surface area (Å²) in [5.41, 5.74) is 1.52. The summed E-state index contributed by atoms with van der Waals surface area (Å²) in [6, 6.07) is 8.74. The second kappa shape index (κ2) is 5.91. The summed E-state index contributed by atoms with van der Waals surface area (Å²) >= 11 is 13.4. The maximum Gasteiger partial charge on any atom is 0.269 e. The number of hydrogen-bond acceptors (Lipinski definition) is 4. The van der Waals surface area contributed by atoms with Crippen LogP contribution >= 0.6 is 35.0 Å². The number of amidine groups is 1. The van der Waals surface area contributed by atoms with E-state index in [4.69, 9.17) is 23.2 Å². The van der Waals surface area contributed by atoms with E-state index in [0.29, 0.717) is 20.9 Å². The fourth-order valence-electron chi connectivity index (χ4n) is 2.07. The maximum absolute atomic E-state index is 12.3. The molecule has 112 valence electrons. The zero-order chi connectivity index (χ0) is 15.7. The minimum atomic E-state index is -0.760. The molecule has 0 bridgehead atoms. The molecule has 1 aliphatic heterocycles. The Labute approximate surface area is 141 Å². The summed E-state index contributed by atoms with van der Waals surface area (Å²) in [7, 11) is 0. The van der Waals surface area contributed by atoms with E-state index in [1.807, 2.05) is 19.1 Å². The van der Waals surface area contributed by atoms with Crippen LogP contribution in [0, 0.1) is 0 Å².